The number of aryl methyl sites for hydroxylation is 1. The number of nitrogens with one attached hydrogen (secondary N) is 4. The van der Waals surface area contributed by atoms with E-state index in [4.69, 9.17) is 4.74 Å². The van der Waals surface area contributed by atoms with Gasteiger partial charge in [-0.1, -0.05) is 6.08 Å². The van der Waals surface area contributed by atoms with Crippen molar-refractivity contribution >= 4 is 72.4 Å². The molecule has 1 aliphatic heterocycles. The largest absolute Gasteiger partial charge is 0.495 e. The van der Waals surface area contributed by atoms with Crippen LogP contribution in [-0.4, -0.2) is 50.6 Å². The minimum Gasteiger partial charge on any atom is -0.495 e. The van der Waals surface area contributed by atoms with Gasteiger partial charge in [-0.05, 0) is 76.8 Å². The lowest BCUT2D eigenvalue weighted by atomic mass is 9.95. The third-order valence-corrected chi connectivity index (χ3v) is 7.16. The summed E-state index contributed by atoms with van der Waals surface area (Å²) in [5.41, 5.74) is 6.89. The Hall–Kier alpha value is -3.61. The van der Waals surface area contributed by atoms with Crippen LogP contribution >= 0.6 is 15.9 Å². The van der Waals surface area contributed by atoms with Gasteiger partial charge in [0, 0.05) is 31.4 Å². The van der Waals surface area contributed by atoms with Gasteiger partial charge in [-0.3, -0.25) is 9.97 Å². The van der Waals surface area contributed by atoms with Crippen LogP contribution in [0.5, 0.6) is 5.75 Å². The number of nitrogens with zero attached hydrogens (tertiary/aromatic N) is 4. The molecule has 0 saturated heterocycles. The lowest BCUT2D eigenvalue weighted by Crippen LogP contribution is -2.20. The van der Waals surface area contributed by atoms with Crippen molar-refractivity contribution in [1.29, 1.82) is 0 Å². The van der Waals surface area contributed by atoms with E-state index in [0.29, 0.717) is 44.4 Å². The van der Waals surface area contributed by atoms with Crippen LogP contribution in [0.15, 0.2) is 53.4 Å². The molecule has 3 heterocycles. The first-order chi connectivity index (χ1) is 18.4. The number of aromatic nitrogens is 4. The number of hydrogen-bond acceptors (Lipinski definition) is 9. The van der Waals surface area contributed by atoms with Crippen LogP contribution < -0.4 is 25.4 Å². The highest BCUT2D eigenvalue weighted by atomic mass is 79.9. The molecule has 0 fully saturated rings. The zero-order valence-corrected chi connectivity index (χ0v) is 23.5. The van der Waals surface area contributed by atoms with Gasteiger partial charge < -0.3 is 25.4 Å². The minimum absolute atomic E-state index is 0.386. The molecule has 38 heavy (non-hydrogen) atoms. The van der Waals surface area contributed by atoms with E-state index in [-0.39, 0.29) is 0 Å². The summed E-state index contributed by atoms with van der Waals surface area (Å²) in [5.74, 6) is 1.61. The zero-order chi connectivity index (χ0) is 26.6. The van der Waals surface area contributed by atoms with Crippen LogP contribution in [0.1, 0.15) is 17.5 Å². The smallest absolute Gasteiger partial charge is 0.229 e. The molecule has 4 aromatic rings. The number of anilines is 5. The van der Waals surface area contributed by atoms with E-state index in [0.717, 1.165) is 30.8 Å². The summed E-state index contributed by atoms with van der Waals surface area (Å²) in [7, 11) is 0.330. The van der Waals surface area contributed by atoms with E-state index in [1.165, 1.54) is 11.1 Å². The Morgan fingerprint density at radius 3 is 2.71 bits per heavy atom. The molecule has 2 aromatic heterocycles. The first kappa shape index (κ1) is 26.0. The average Bonchev–Trinajstić information content (AvgIpc) is 2.92. The summed E-state index contributed by atoms with van der Waals surface area (Å²) in [4.78, 5) is 17.9. The van der Waals surface area contributed by atoms with Gasteiger partial charge in [0.1, 0.15) is 28.1 Å². The summed E-state index contributed by atoms with van der Waals surface area (Å²) in [5, 5.41) is 9.96. The van der Waals surface area contributed by atoms with E-state index in [9.17, 15) is 4.21 Å². The van der Waals surface area contributed by atoms with Crippen molar-refractivity contribution in [2.24, 2.45) is 0 Å². The summed E-state index contributed by atoms with van der Waals surface area (Å²) < 4.78 is 21.4. The quantitative estimate of drug-likeness (QED) is 0.221. The summed E-state index contributed by atoms with van der Waals surface area (Å²) in [6.07, 6.45) is 9.64. The standard InChI is InChI=1S/C26H27BrN8O2S/c1-15-12-21(22(37-2)13-17(15)16-6-8-28-9-7-16)33-26-31-14-18(27)25(34-26)32-20-5-4-19-23(30-11-10-29-19)24(20)35-38(3)36/h4-6,10-14,28,35H,7-9H2,1-3H3,(H2,31,32,33,34). The average molecular weight is 596 g/mol. The summed E-state index contributed by atoms with van der Waals surface area (Å²) in [6.45, 7) is 3.92. The molecule has 0 radical (unpaired) electrons. The predicted molar refractivity (Wildman–Crippen MR) is 157 cm³/mol. The topological polar surface area (TPSA) is 126 Å². The van der Waals surface area contributed by atoms with Crippen LogP contribution in [0.2, 0.25) is 0 Å². The van der Waals surface area contributed by atoms with Crippen LogP contribution in [0, 0.1) is 6.92 Å². The predicted octanol–water partition coefficient (Wildman–Crippen LogP) is 5.07. The van der Waals surface area contributed by atoms with E-state index in [1.54, 1.807) is 32.0 Å². The Morgan fingerprint density at radius 2 is 1.95 bits per heavy atom. The highest BCUT2D eigenvalue weighted by molar-refractivity contribution is 9.10. The number of fused-ring (bicyclic) bond motifs is 1. The fraction of sp³-hybridized carbons (Fsp3) is 0.231. The van der Waals surface area contributed by atoms with E-state index < -0.39 is 11.0 Å². The molecule has 0 amide bonds. The Bertz CT molecular complexity index is 1560. The molecule has 196 valence electrons. The first-order valence-corrected chi connectivity index (χ1v) is 14.3. The van der Waals surface area contributed by atoms with E-state index in [1.807, 2.05) is 12.1 Å². The molecule has 0 aliphatic carbocycles. The minimum atomic E-state index is -1.32. The molecule has 10 nitrogen and oxygen atoms in total. The molecule has 5 rings (SSSR count). The van der Waals surface area contributed by atoms with Gasteiger partial charge in [-0.15, -0.1) is 0 Å². The molecule has 1 aliphatic rings. The Kier molecular flexibility index (Phi) is 7.82. The lowest BCUT2D eigenvalue weighted by molar-refractivity contribution is 0.416. The third-order valence-electron chi connectivity index (χ3n) is 6.09. The molecule has 2 aromatic carbocycles. The number of rotatable bonds is 8. The first-order valence-electron chi connectivity index (χ1n) is 11.9. The van der Waals surface area contributed by atoms with E-state index >= 15 is 0 Å². The van der Waals surface area contributed by atoms with Crippen molar-refractivity contribution in [1.82, 2.24) is 25.3 Å². The number of benzene rings is 2. The van der Waals surface area contributed by atoms with Gasteiger partial charge in [-0.25, -0.2) is 9.19 Å². The van der Waals surface area contributed by atoms with Crippen molar-refractivity contribution in [2.75, 3.05) is 41.8 Å². The second kappa shape index (κ2) is 11.4. The van der Waals surface area contributed by atoms with Crippen molar-refractivity contribution in [3.63, 3.8) is 0 Å². The number of methoxy groups -OCH3 is 1. The second-order valence-electron chi connectivity index (χ2n) is 8.66. The Morgan fingerprint density at radius 1 is 1.11 bits per heavy atom. The second-order valence-corrected chi connectivity index (χ2v) is 10.6. The van der Waals surface area contributed by atoms with Gasteiger partial charge >= 0.3 is 0 Å². The number of ether oxygens (including phenoxy) is 1. The third kappa shape index (κ3) is 5.62. The summed E-state index contributed by atoms with van der Waals surface area (Å²) >= 11 is 3.53. The SMILES string of the molecule is COc1cc(C2=CCNCC2)c(C)cc1Nc1ncc(Br)c(Nc2ccc3nccnc3c2NS(C)=O)n1. The molecule has 0 saturated carbocycles. The van der Waals surface area contributed by atoms with Crippen LogP contribution in [-0.2, 0) is 11.0 Å². The maximum absolute atomic E-state index is 12.1. The molecule has 12 heteroatoms. The van der Waals surface area contributed by atoms with Crippen molar-refractivity contribution in [2.45, 2.75) is 13.3 Å². The molecule has 1 unspecified atom stereocenters. The molecule has 0 spiro atoms. The molecular formula is C26H27BrN8O2S. The molecule has 1 atom stereocenters. The zero-order valence-electron chi connectivity index (χ0n) is 21.1. The highest BCUT2D eigenvalue weighted by Gasteiger charge is 2.16. The summed E-state index contributed by atoms with van der Waals surface area (Å²) in [6, 6.07) is 7.80. The van der Waals surface area contributed by atoms with Crippen molar-refractivity contribution in [3.8, 4) is 5.75 Å². The number of hydrogen-bond donors (Lipinski definition) is 4. The normalized spacial score (nSPS) is 14.1. The Balaban J connectivity index is 1.46. The Labute approximate surface area is 231 Å². The monoisotopic (exact) mass is 594 g/mol. The highest BCUT2D eigenvalue weighted by Crippen LogP contribution is 2.36. The van der Waals surface area contributed by atoms with Gasteiger partial charge in [0.15, 0.2) is 0 Å². The van der Waals surface area contributed by atoms with Gasteiger partial charge in [-0.2, -0.15) is 4.98 Å². The molecule has 4 N–H and O–H groups in total. The fourth-order valence-electron chi connectivity index (χ4n) is 4.32. The maximum atomic E-state index is 12.1. The van der Waals surface area contributed by atoms with Gasteiger partial charge in [0.25, 0.3) is 0 Å². The van der Waals surface area contributed by atoms with Crippen LogP contribution in [0.3, 0.4) is 0 Å². The molecule has 0 bridgehead atoms. The number of halogens is 1. The van der Waals surface area contributed by atoms with Crippen molar-refractivity contribution in [3.05, 3.63) is 64.5 Å². The van der Waals surface area contributed by atoms with E-state index in [2.05, 4.69) is 81.7 Å². The molecular weight excluding hydrogens is 568 g/mol. The van der Waals surface area contributed by atoms with Gasteiger partial charge in [0.05, 0.1) is 34.2 Å². The fourth-order valence-corrected chi connectivity index (χ4v) is 5.10. The van der Waals surface area contributed by atoms with Crippen LogP contribution in [0.25, 0.3) is 16.6 Å². The van der Waals surface area contributed by atoms with Crippen molar-refractivity contribution < 1.29 is 8.95 Å². The lowest BCUT2D eigenvalue weighted by Gasteiger charge is -2.19. The van der Waals surface area contributed by atoms with Crippen LogP contribution in [0.4, 0.5) is 28.8 Å². The maximum Gasteiger partial charge on any atom is 0.229 e. The van der Waals surface area contributed by atoms with Gasteiger partial charge in [0.2, 0.25) is 5.95 Å².